The Morgan fingerprint density at radius 3 is 2.06 bits per heavy atom. The molecule has 230 valence electrons. The average Bonchev–Trinajstić information content (AvgIpc) is 3.76. The Hall–Kier alpha value is -5.52. The Morgan fingerprint density at radius 2 is 1.31 bits per heavy atom. The number of rotatable bonds is 3. The fraction of sp³-hybridized carbons (Fsp3) is 0.116. The van der Waals surface area contributed by atoms with E-state index in [1.54, 1.807) is 53.8 Å². The average molecular weight is 641 g/mol. The van der Waals surface area contributed by atoms with Gasteiger partial charge >= 0.3 is 0 Å². The molecular formula is C43H28O4S. The summed E-state index contributed by atoms with van der Waals surface area (Å²) in [6, 6.07) is 28.3. The normalized spacial score (nSPS) is 18.2. The molecular weight excluding hydrogens is 613 g/mol. The van der Waals surface area contributed by atoms with Gasteiger partial charge in [0.2, 0.25) is 0 Å². The Labute approximate surface area is 281 Å². The van der Waals surface area contributed by atoms with Crippen LogP contribution < -0.4 is 0 Å². The predicted octanol–water partition coefficient (Wildman–Crippen LogP) is 9.52. The quantitative estimate of drug-likeness (QED) is 0.146. The lowest BCUT2D eigenvalue weighted by Gasteiger charge is -2.22. The standard InChI is InChI=1S/C43H28O4S/c1-43(2)36-18-23(17-34-39(44)30-7-3-4-8-31(30)40(34)45)11-15-28(36)29-16-14-24(20-37(29)43)25-12-13-26-19-27(48-38(26)21-25)22-35-41(46)32-9-5-6-10-33(32)42(35)47/h3,5-7,9-22H,4,8H2,1-2H3/b34-17+. The molecule has 0 amide bonds. The maximum Gasteiger partial charge on any atom is 0.197 e. The molecule has 0 saturated heterocycles. The molecule has 4 nitrogen and oxygen atoms in total. The summed E-state index contributed by atoms with van der Waals surface area (Å²) >= 11 is 1.57. The minimum Gasteiger partial charge on any atom is -0.289 e. The zero-order valence-electron chi connectivity index (χ0n) is 26.3. The fourth-order valence-corrected chi connectivity index (χ4v) is 8.74. The van der Waals surface area contributed by atoms with Crippen molar-refractivity contribution in [3.05, 3.63) is 152 Å². The molecule has 0 atom stereocenters. The van der Waals surface area contributed by atoms with Gasteiger partial charge in [-0.3, -0.25) is 19.2 Å². The molecule has 0 bridgehead atoms. The van der Waals surface area contributed by atoms with Crippen molar-refractivity contribution in [2.45, 2.75) is 32.1 Å². The van der Waals surface area contributed by atoms with E-state index < -0.39 is 0 Å². The van der Waals surface area contributed by atoms with Crippen LogP contribution in [0.15, 0.2) is 119 Å². The van der Waals surface area contributed by atoms with Gasteiger partial charge in [0, 0.05) is 37.3 Å². The minimum absolute atomic E-state index is 0.135. The Balaban J connectivity index is 1.03. The topological polar surface area (TPSA) is 68.3 Å². The van der Waals surface area contributed by atoms with Crippen LogP contribution in [0, 0.1) is 0 Å². The zero-order valence-corrected chi connectivity index (χ0v) is 27.2. The number of benzene rings is 4. The molecule has 4 aliphatic rings. The number of hydrogen-bond acceptors (Lipinski definition) is 5. The van der Waals surface area contributed by atoms with Crippen LogP contribution in [0.5, 0.6) is 0 Å². The Kier molecular flexibility index (Phi) is 6.12. The smallest absolute Gasteiger partial charge is 0.197 e. The summed E-state index contributed by atoms with van der Waals surface area (Å²) in [4.78, 5) is 52.9. The number of carbonyl (C=O) groups excluding carboxylic acids is 4. The van der Waals surface area contributed by atoms with E-state index in [4.69, 9.17) is 0 Å². The molecule has 0 saturated carbocycles. The molecule has 0 fully saturated rings. The van der Waals surface area contributed by atoms with E-state index in [1.807, 2.05) is 18.2 Å². The molecule has 48 heavy (non-hydrogen) atoms. The highest BCUT2D eigenvalue weighted by Gasteiger charge is 2.38. The molecule has 0 spiro atoms. The number of hydrogen-bond donors (Lipinski definition) is 0. The van der Waals surface area contributed by atoms with Gasteiger partial charge < -0.3 is 0 Å². The first kappa shape index (κ1) is 28.7. The Morgan fingerprint density at radius 1 is 0.646 bits per heavy atom. The predicted molar refractivity (Wildman–Crippen MR) is 191 cm³/mol. The van der Waals surface area contributed by atoms with Crippen molar-refractivity contribution in [3.8, 4) is 22.3 Å². The van der Waals surface area contributed by atoms with Crippen molar-refractivity contribution < 1.29 is 19.2 Å². The second-order valence-corrected chi connectivity index (χ2v) is 14.5. The van der Waals surface area contributed by atoms with Gasteiger partial charge in [0.15, 0.2) is 23.1 Å². The van der Waals surface area contributed by atoms with E-state index in [2.05, 4.69) is 62.4 Å². The van der Waals surface area contributed by atoms with E-state index in [9.17, 15) is 19.2 Å². The van der Waals surface area contributed by atoms with Crippen LogP contribution in [-0.4, -0.2) is 23.1 Å². The van der Waals surface area contributed by atoms with Crippen LogP contribution in [0.1, 0.15) is 69.0 Å². The van der Waals surface area contributed by atoms with E-state index in [-0.39, 0.29) is 39.7 Å². The van der Waals surface area contributed by atoms with Crippen LogP contribution in [0.3, 0.4) is 0 Å². The highest BCUT2D eigenvalue weighted by Crippen LogP contribution is 2.50. The summed E-state index contributed by atoms with van der Waals surface area (Å²) in [5, 5.41) is 1.06. The first-order valence-corrected chi connectivity index (χ1v) is 16.9. The van der Waals surface area contributed by atoms with Gasteiger partial charge in [-0.15, -0.1) is 11.3 Å². The summed E-state index contributed by atoms with van der Waals surface area (Å²) in [7, 11) is 0. The zero-order chi connectivity index (χ0) is 32.9. The van der Waals surface area contributed by atoms with Crippen LogP contribution >= 0.6 is 11.3 Å². The van der Waals surface area contributed by atoms with Gasteiger partial charge in [-0.1, -0.05) is 92.7 Å². The van der Waals surface area contributed by atoms with Gasteiger partial charge in [0.1, 0.15) is 0 Å². The van der Waals surface area contributed by atoms with E-state index >= 15 is 0 Å². The molecule has 4 aromatic carbocycles. The third-order valence-electron chi connectivity index (χ3n) is 10.3. The van der Waals surface area contributed by atoms with Crippen LogP contribution in [0.2, 0.25) is 0 Å². The monoisotopic (exact) mass is 640 g/mol. The number of Topliss-reactive ketones (excluding diaryl/α,β-unsaturated/α-hetero) is 4. The summed E-state index contributed by atoms with van der Waals surface area (Å²) in [6.45, 7) is 4.45. The molecule has 1 aromatic heterocycles. The van der Waals surface area contributed by atoms with Gasteiger partial charge in [-0.2, -0.15) is 0 Å². The van der Waals surface area contributed by atoms with Gasteiger partial charge in [-0.05, 0) is 87.5 Å². The Bertz CT molecular complexity index is 2460. The number of thiophene rings is 1. The summed E-state index contributed by atoms with van der Waals surface area (Å²) < 4.78 is 1.08. The van der Waals surface area contributed by atoms with Gasteiger partial charge in [-0.25, -0.2) is 0 Å². The van der Waals surface area contributed by atoms with Crippen molar-refractivity contribution in [2.24, 2.45) is 0 Å². The van der Waals surface area contributed by atoms with E-state index in [0.717, 1.165) is 43.6 Å². The molecule has 5 heteroatoms. The molecule has 5 aromatic rings. The van der Waals surface area contributed by atoms with Crippen LogP contribution in [-0.2, 0) is 15.0 Å². The van der Waals surface area contributed by atoms with Crippen LogP contribution in [0.25, 0.3) is 44.5 Å². The third kappa shape index (κ3) is 4.14. The van der Waals surface area contributed by atoms with Crippen LogP contribution in [0.4, 0.5) is 0 Å². The van der Waals surface area contributed by atoms with Crippen molar-refractivity contribution in [1.82, 2.24) is 0 Å². The van der Waals surface area contributed by atoms with Crippen molar-refractivity contribution >= 4 is 56.7 Å². The first-order chi connectivity index (χ1) is 23.2. The fourth-order valence-electron chi connectivity index (χ4n) is 7.69. The number of carbonyl (C=O) groups is 4. The summed E-state index contributed by atoms with van der Waals surface area (Å²) in [5.74, 6) is -0.735. The number of ketones is 4. The van der Waals surface area contributed by atoms with Crippen molar-refractivity contribution in [3.63, 3.8) is 0 Å². The largest absolute Gasteiger partial charge is 0.289 e. The molecule has 0 unspecified atom stereocenters. The lowest BCUT2D eigenvalue weighted by molar-refractivity contribution is -0.115. The SMILES string of the molecule is CC1(C)c2cc(/C=C3\C(=O)C4=C(CCC=C4)C3=O)ccc2-c2ccc(-c3ccc4cc(C=C5C(=O)c6ccccc6C5=O)sc4c3)cc21. The number of fused-ring (bicyclic) bond motifs is 5. The molecule has 0 radical (unpaired) electrons. The van der Waals surface area contributed by atoms with E-state index in [1.165, 1.54) is 16.7 Å². The first-order valence-electron chi connectivity index (χ1n) is 16.1. The minimum atomic E-state index is -0.288. The molecule has 0 N–H and O–H groups in total. The highest BCUT2D eigenvalue weighted by atomic mass is 32.1. The van der Waals surface area contributed by atoms with Gasteiger partial charge in [0.05, 0.1) is 11.1 Å². The lowest BCUT2D eigenvalue weighted by Crippen LogP contribution is -2.15. The maximum absolute atomic E-state index is 13.1. The molecule has 4 aliphatic carbocycles. The summed E-state index contributed by atoms with van der Waals surface area (Å²) in [6.07, 6.45) is 8.67. The van der Waals surface area contributed by atoms with Crippen molar-refractivity contribution in [2.75, 3.05) is 0 Å². The van der Waals surface area contributed by atoms with E-state index in [0.29, 0.717) is 28.7 Å². The molecule has 0 aliphatic heterocycles. The molecule has 1 heterocycles. The van der Waals surface area contributed by atoms with Gasteiger partial charge in [0.25, 0.3) is 0 Å². The van der Waals surface area contributed by atoms with Crippen molar-refractivity contribution in [1.29, 1.82) is 0 Å². The second-order valence-electron chi connectivity index (χ2n) is 13.4. The second kappa shape index (κ2) is 10.2. The summed E-state index contributed by atoms with van der Waals surface area (Å²) in [5.41, 5.74) is 10.1. The maximum atomic E-state index is 13.1. The third-order valence-corrected chi connectivity index (χ3v) is 11.3. The highest BCUT2D eigenvalue weighted by molar-refractivity contribution is 7.19. The number of allylic oxidation sites excluding steroid dienone is 6. The lowest BCUT2D eigenvalue weighted by atomic mass is 9.81. The molecule has 9 rings (SSSR count).